The molecule has 1 unspecified atom stereocenters. The second-order valence-electron chi connectivity index (χ2n) is 5.11. The van der Waals surface area contributed by atoms with Gasteiger partial charge in [-0.25, -0.2) is 8.78 Å². The topological polar surface area (TPSA) is 32.3 Å². The zero-order chi connectivity index (χ0) is 14.5. The minimum Gasteiger partial charge on any atom is -0.396 e. The highest BCUT2D eigenvalue weighted by atomic mass is 19.2. The molecule has 0 aliphatic rings. The van der Waals surface area contributed by atoms with Crippen molar-refractivity contribution in [2.45, 2.75) is 39.7 Å². The number of aliphatic hydroxyl groups is 1. The molecule has 19 heavy (non-hydrogen) atoms. The maximum absolute atomic E-state index is 13.7. The van der Waals surface area contributed by atoms with Crippen LogP contribution in [0.4, 0.5) is 8.78 Å². The molecule has 1 aromatic rings. The van der Waals surface area contributed by atoms with Crippen LogP contribution in [0.5, 0.6) is 0 Å². The van der Waals surface area contributed by atoms with Gasteiger partial charge in [0, 0.05) is 30.2 Å². The minimum absolute atomic E-state index is 0.0886. The lowest BCUT2D eigenvalue weighted by Gasteiger charge is -2.31. The van der Waals surface area contributed by atoms with Gasteiger partial charge in [-0.3, -0.25) is 0 Å². The van der Waals surface area contributed by atoms with Crippen LogP contribution in [0.3, 0.4) is 0 Å². The number of hydrogen-bond donors (Lipinski definition) is 2. The van der Waals surface area contributed by atoms with Gasteiger partial charge >= 0.3 is 0 Å². The fraction of sp³-hybridized carbons (Fsp3) is 0.600. The summed E-state index contributed by atoms with van der Waals surface area (Å²) in [7, 11) is 0. The lowest BCUT2D eigenvalue weighted by molar-refractivity contribution is 0.110. The van der Waals surface area contributed by atoms with E-state index >= 15 is 0 Å². The van der Waals surface area contributed by atoms with Crippen molar-refractivity contribution in [1.29, 1.82) is 0 Å². The Labute approximate surface area is 113 Å². The van der Waals surface area contributed by atoms with Crippen LogP contribution in [0.15, 0.2) is 18.2 Å². The van der Waals surface area contributed by atoms with E-state index in [9.17, 15) is 13.9 Å². The largest absolute Gasteiger partial charge is 0.396 e. The molecule has 0 saturated carbocycles. The number of rotatable bonds is 7. The summed E-state index contributed by atoms with van der Waals surface area (Å²) in [6.07, 6.45) is 1.68. The average molecular weight is 271 g/mol. The van der Waals surface area contributed by atoms with Crippen molar-refractivity contribution in [2.75, 3.05) is 13.2 Å². The average Bonchev–Trinajstić information content (AvgIpc) is 2.44. The van der Waals surface area contributed by atoms with Gasteiger partial charge in [-0.2, -0.15) is 0 Å². The lowest BCUT2D eigenvalue weighted by atomic mass is 9.83. The van der Waals surface area contributed by atoms with Crippen molar-refractivity contribution in [3.05, 3.63) is 35.4 Å². The van der Waals surface area contributed by atoms with Gasteiger partial charge in [-0.15, -0.1) is 0 Å². The van der Waals surface area contributed by atoms with Crippen molar-refractivity contribution in [3.63, 3.8) is 0 Å². The van der Waals surface area contributed by atoms with E-state index in [1.54, 1.807) is 13.0 Å². The third-order valence-corrected chi connectivity index (χ3v) is 4.07. The van der Waals surface area contributed by atoms with E-state index < -0.39 is 11.6 Å². The fourth-order valence-electron chi connectivity index (χ4n) is 2.11. The summed E-state index contributed by atoms with van der Waals surface area (Å²) in [4.78, 5) is 0. The van der Waals surface area contributed by atoms with Crippen molar-refractivity contribution < 1.29 is 13.9 Å². The van der Waals surface area contributed by atoms with E-state index in [0.29, 0.717) is 12.1 Å². The van der Waals surface area contributed by atoms with E-state index in [4.69, 9.17) is 0 Å². The first kappa shape index (κ1) is 16.1. The van der Waals surface area contributed by atoms with Gasteiger partial charge < -0.3 is 10.4 Å². The molecule has 0 aromatic heterocycles. The smallest absolute Gasteiger partial charge is 0.163 e. The van der Waals surface area contributed by atoms with Gasteiger partial charge in [-0.1, -0.05) is 26.0 Å². The molecule has 0 aliphatic heterocycles. The van der Waals surface area contributed by atoms with Gasteiger partial charge in [0.25, 0.3) is 0 Å². The van der Waals surface area contributed by atoms with Crippen molar-refractivity contribution in [1.82, 2.24) is 5.32 Å². The number of benzene rings is 1. The molecule has 1 aromatic carbocycles. The van der Waals surface area contributed by atoms with Crippen LogP contribution >= 0.6 is 0 Å². The first-order chi connectivity index (χ1) is 8.99. The molecule has 2 nitrogen and oxygen atoms in total. The van der Waals surface area contributed by atoms with Gasteiger partial charge in [0.1, 0.15) is 0 Å². The van der Waals surface area contributed by atoms with Crippen LogP contribution < -0.4 is 5.32 Å². The highest BCUT2D eigenvalue weighted by Crippen LogP contribution is 2.26. The third-order valence-electron chi connectivity index (χ3n) is 4.07. The Bertz CT molecular complexity index is 397. The van der Waals surface area contributed by atoms with E-state index in [0.717, 1.165) is 18.9 Å². The monoisotopic (exact) mass is 271 g/mol. The first-order valence-corrected chi connectivity index (χ1v) is 6.77. The molecule has 0 bridgehead atoms. The van der Waals surface area contributed by atoms with Crippen molar-refractivity contribution in [3.8, 4) is 0 Å². The number of aliphatic hydroxyl groups excluding tert-OH is 1. The Balaban J connectivity index is 2.75. The Hall–Kier alpha value is -1.00. The SMILES string of the molecule is CCC(CC)(CO)CNC(C)c1cccc(F)c1F. The van der Waals surface area contributed by atoms with Gasteiger partial charge in [0.15, 0.2) is 11.6 Å². The molecule has 0 aliphatic carbocycles. The summed E-state index contributed by atoms with van der Waals surface area (Å²) in [6, 6.07) is 3.90. The van der Waals surface area contributed by atoms with Crippen LogP contribution in [0.1, 0.15) is 45.2 Å². The highest BCUT2D eigenvalue weighted by molar-refractivity contribution is 5.22. The Morgan fingerprint density at radius 3 is 2.42 bits per heavy atom. The maximum Gasteiger partial charge on any atom is 0.163 e. The Morgan fingerprint density at radius 1 is 1.26 bits per heavy atom. The molecule has 0 saturated heterocycles. The fourth-order valence-corrected chi connectivity index (χ4v) is 2.11. The van der Waals surface area contributed by atoms with Crippen molar-refractivity contribution >= 4 is 0 Å². The van der Waals surface area contributed by atoms with E-state index in [2.05, 4.69) is 5.32 Å². The Morgan fingerprint density at radius 2 is 1.89 bits per heavy atom. The predicted octanol–water partition coefficient (Wildman–Crippen LogP) is 3.41. The molecule has 1 atom stereocenters. The second-order valence-corrected chi connectivity index (χ2v) is 5.11. The molecular formula is C15H23F2NO. The molecule has 4 heteroatoms. The quantitative estimate of drug-likeness (QED) is 0.796. The van der Waals surface area contributed by atoms with Crippen LogP contribution in [0.2, 0.25) is 0 Å². The minimum atomic E-state index is -0.828. The second kappa shape index (κ2) is 6.96. The summed E-state index contributed by atoms with van der Waals surface area (Å²) in [5.74, 6) is -1.63. The summed E-state index contributed by atoms with van der Waals surface area (Å²) in [5, 5.41) is 12.7. The number of hydrogen-bond acceptors (Lipinski definition) is 2. The first-order valence-electron chi connectivity index (χ1n) is 6.77. The molecule has 2 N–H and O–H groups in total. The predicted molar refractivity (Wildman–Crippen MR) is 72.9 cm³/mol. The van der Waals surface area contributed by atoms with E-state index in [1.165, 1.54) is 6.07 Å². The van der Waals surface area contributed by atoms with Gasteiger partial charge in [-0.05, 0) is 25.8 Å². The standard InChI is InChI=1S/C15H23F2NO/c1-4-15(5-2,10-19)9-18-11(3)12-7-6-8-13(16)14(12)17/h6-8,11,18-19H,4-5,9-10H2,1-3H3. The van der Waals surface area contributed by atoms with E-state index in [1.807, 2.05) is 13.8 Å². The summed E-state index contributed by atoms with van der Waals surface area (Å²) < 4.78 is 26.8. The zero-order valence-electron chi connectivity index (χ0n) is 11.8. The summed E-state index contributed by atoms with van der Waals surface area (Å²) >= 11 is 0. The van der Waals surface area contributed by atoms with E-state index in [-0.39, 0.29) is 18.1 Å². The maximum atomic E-state index is 13.7. The summed E-state index contributed by atoms with van der Waals surface area (Å²) in [5.41, 5.74) is 0.122. The molecule has 0 fully saturated rings. The van der Waals surface area contributed by atoms with Crippen LogP contribution in [-0.2, 0) is 0 Å². The highest BCUT2D eigenvalue weighted by Gasteiger charge is 2.26. The molecule has 0 radical (unpaired) electrons. The van der Waals surface area contributed by atoms with Crippen LogP contribution in [-0.4, -0.2) is 18.3 Å². The number of nitrogens with one attached hydrogen (secondary N) is 1. The third kappa shape index (κ3) is 3.74. The van der Waals surface area contributed by atoms with Gasteiger partial charge in [0.05, 0.1) is 0 Å². The van der Waals surface area contributed by atoms with Crippen LogP contribution in [0.25, 0.3) is 0 Å². The molecule has 0 amide bonds. The summed E-state index contributed by atoms with van der Waals surface area (Å²) in [6.45, 7) is 6.51. The molecule has 108 valence electrons. The Kier molecular flexibility index (Phi) is 5.88. The zero-order valence-corrected chi connectivity index (χ0v) is 11.8. The van der Waals surface area contributed by atoms with Gasteiger partial charge in [0.2, 0.25) is 0 Å². The molecule has 0 spiro atoms. The normalized spacial score (nSPS) is 13.6. The molecule has 1 rings (SSSR count). The molecular weight excluding hydrogens is 248 g/mol. The number of halogens is 2. The van der Waals surface area contributed by atoms with Crippen LogP contribution in [0, 0.1) is 17.0 Å². The van der Waals surface area contributed by atoms with Crippen molar-refractivity contribution in [2.24, 2.45) is 5.41 Å². The lowest BCUT2D eigenvalue weighted by Crippen LogP contribution is -2.37. The molecule has 0 heterocycles.